The van der Waals surface area contributed by atoms with Crippen molar-refractivity contribution < 1.29 is 9.53 Å². The van der Waals surface area contributed by atoms with Crippen molar-refractivity contribution in [3.8, 4) is 5.75 Å². The normalized spacial score (nSPS) is 10.8. The monoisotopic (exact) mass is 193 g/mol. The second-order valence-corrected chi connectivity index (χ2v) is 4.00. The number of rotatable bonds is 3. The van der Waals surface area contributed by atoms with Gasteiger partial charge >= 0.3 is 0 Å². The second kappa shape index (κ2) is 4.13. The van der Waals surface area contributed by atoms with Crippen LogP contribution in [0.1, 0.15) is 20.8 Å². The fourth-order valence-electron chi connectivity index (χ4n) is 1.07. The lowest BCUT2D eigenvalue weighted by Gasteiger charge is -2.21. The molecule has 0 saturated carbocycles. The van der Waals surface area contributed by atoms with E-state index in [0.29, 0.717) is 6.41 Å². The lowest BCUT2D eigenvalue weighted by molar-refractivity contribution is -0.105. The molecule has 0 saturated heterocycles. The smallest absolute Gasteiger partial charge is 0.211 e. The van der Waals surface area contributed by atoms with Crippen LogP contribution in [0, 0.1) is 0 Å². The molecule has 0 spiro atoms. The van der Waals surface area contributed by atoms with Gasteiger partial charge in [-0.2, -0.15) is 0 Å². The first-order valence-corrected chi connectivity index (χ1v) is 4.50. The van der Waals surface area contributed by atoms with Gasteiger partial charge in [-0.05, 0) is 32.9 Å². The third-order valence-electron chi connectivity index (χ3n) is 1.48. The number of carbonyl (C=O) groups is 1. The molecule has 0 heterocycles. The van der Waals surface area contributed by atoms with Gasteiger partial charge in [-0.15, -0.1) is 0 Å². The summed E-state index contributed by atoms with van der Waals surface area (Å²) >= 11 is 0. The first-order chi connectivity index (χ1) is 6.51. The minimum atomic E-state index is -0.222. The van der Waals surface area contributed by atoms with Gasteiger partial charge in [0.05, 0.1) is 0 Å². The highest BCUT2D eigenvalue weighted by Gasteiger charge is 2.11. The van der Waals surface area contributed by atoms with Gasteiger partial charge in [0, 0.05) is 11.8 Å². The number of benzene rings is 1. The Morgan fingerprint density at radius 1 is 1.36 bits per heavy atom. The summed E-state index contributed by atoms with van der Waals surface area (Å²) in [5.74, 6) is 0.754. The summed E-state index contributed by atoms with van der Waals surface area (Å²) in [6.45, 7) is 5.94. The van der Waals surface area contributed by atoms with E-state index < -0.39 is 0 Å². The molecule has 1 aromatic carbocycles. The van der Waals surface area contributed by atoms with E-state index in [2.05, 4.69) is 5.32 Å². The minimum Gasteiger partial charge on any atom is -0.488 e. The summed E-state index contributed by atoms with van der Waals surface area (Å²) in [6, 6.07) is 7.30. The molecule has 0 unspecified atom stereocenters. The number of ether oxygens (including phenoxy) is 1. The Kier molecular flexibility index (Phi) is 3.12. The third kappa shape index (κ3) is 3.47. The van der Waals surface area contributed by atoms with Crippen LogP contribution in [-0.2, 0) is 4.79 Å². The molecule has 76 valence electrons. The standard InChI is InChI=1S/C11H15NO2/c1-11(2,3)14-10-6-4-5-9(7-10)12-8-13/h4-8H,1-3H3,(H,12,13). The highest BCUT2D eigenvalue weighted by molar-refractivity contribution is 5.71. The third-order valence-corrected chi connectivity index (χ3v) is 1.48. The predicted octanol–water partition coefficient (Wildman–Crippen LogP) is 2.43. The predicted molar refractivity (Wildman–Crippen MR) is 56.5 cm³/mol. The average molecular weight is 193 g/mol. The summed E-state index contributed by atoms with van der Waals surface area (Å²) in [7, 11) is 0. The number of carbonyl (C=O) groups excluding carboxylic acids is 1. The van der Waals surface area contributed by atoms with Gasteiger partial charge in [-0.25, -0.2) is 0 Å². The van der Waals surface area contributed by atoms with Gasteiger partial charge in [0.1, 0.15) is 11.4 Å². The molecule has 3 nitrogen and oxygen atoms in total. The largest absolute Gasteiger partial charge is 0.488 e. The van der Waals surface area contributed by atoms with Crippen LogP contribution in [0.15, 0.2) is 24.3 Å². The zero-order valence-corrected chi connectivity index (χ0v) is 8.70. The van der Waals surface area contributed by atoms with Gasteiger partial charge in [0.15, 0.2) is 0 Å². The lowest BCUT2D eigenvalue weighted by Crippen LogP contribution is -2.22. The molecule has 1 rings (SSSR count). The Balaban J connectivity index is 2.78. The minimum absolute atomic E-state index is 0.222. The molecule has 0 aliphatic heterocycles. The molecule has 1 aromatic rings. The van der Waals surface area contributed by atoms with E-state index in [1.165, 1.54) is 0 Å². The molecule has 0 aliphatic carbocycles. The molecule has 14 heavy (non-hydrogen) atoms. The van der Waals surface area contributed by atoms with E-state index in [1.807, 2.05) is 39.0 Å². The molecule has 0 fully saturated rings. The number of anilines is 1. The van der Waals surface area contributed by atoms with Crippen LogP contribution in [0.4, 0.5) is 5.69 Å². The molecule has 0 radical (unpaired) electrons. The van der Waals surface area contributed by atoms with Crippen LogP contribution in [0.3, 0.4) is 0 Å². The van der Waals surface area contributed by atoms with Crippen LogP contribution in [0.2, 0.25) is 0 Å². The van der Waals surface area contributed by atoms with E-state index in [4.69, 9.17) is 4.74 Å². The van der Waals surface area contributed by atoms with Crippen LogP contribution in [0.25, 0.3) is 0 Å². The Morgan fingerprint density at radius 2 is 2.07 bits per heavy atom. The van der Waals surface area contributed by atoms with E-state index in [9.17, 15) is 4.79 Å². The van der Waals surface area contributed by atoms with E-state index >= 15 is 0 Å². The van der Waals surface area contributed by atoms with Gasteiger partial charge in [0.25, 0.3) is 0 Å². The fraction of sp³-hybridized carbons (Fsp3) is 0.364. The maximum Gasteiger partial charge on any atom is 0.211 e. The molecule has 1 amide bonds. The van der Waals surface area contributed by atoms with Crippen molar-refractivity contribution in [2.45, 2.75) is 26.4 Å². The summed E-state index contributed by atoms with van der Waals surface area (Å²) < 4.78 is 5.63. The van der Waals surface area contributed by atoms with E-state index in [0.717, 1.165) is 11.4 Å². The van der Waals surface area contributed by atoms with Gasteiger partial charge in [-0.3, -0.25) is 4.79 Å². The molecule has 1 N–H and O–H groups in total. The van der Waals surface area contributed by atoms with Gasteiger partial charge in [0.2, 0.25) is 6.41 Å². The van der Waals surface area contributed by atoms with Crippen molar-refractivity contribution in [3.05, 3.63) is 24.3 Å². The van der Waals surface area contributed by atoms with Crippen LogP contribution in [-0.4, -0.2) is 12.0 Å². The first kappa shape index (κ1) is 10.6. The fourth-order valence-corrected chi connectivity index (χ4v) is 1.07. The molecule has 0 atom stereocenters. The molecular weight excluding hydrogens is 178 g/mol. The molecule has 3 heteroatoms. The summed E-state index contributed by atoms with van der Waals surface area (Å²) in [5, 5.41) is 2.57. The Labute approximate surface area is 84.1 Å². The van der Waals surface area contributed by atoms with Gasteiger partial charge < -0.3 is 10.1 Å². The maximum absolute atomic E-state index is 10.2. The van der Waals surface area contributed by atoms with E-state index in [1.54, 1.807) is 6.07 Å². The number of amides is 1. The molecule has 0 bridgehead atoms. The topological polar surface area (TPSA) is 38.3 Å². The van der Waals surface area contributed by atoms with Gasteiger partial charge in [-0.1, -0.05) is 6.07 Å². The number of hydrogen-bond donors (Lipinski definition) is 1. The van der Waals surface area contributed by atoms with E-state index in [-0.39, 0.29) is 5.60 Å². The van der Waals surface area contributed by atoms with Crippen LogP contribution >= 0.6 is 0 Å². The number of hydrogen-bond acceptors (Lipinski definition) is 2. The highest BCUT2D eigenvalue weighted by atomic mass is 16.5. The van der Waals surface area contributed by atoms with Crippen molar-refractivity contribution in [1.82, 2.24) is 0 Å². The number of nitrogens with one attached hydrogen (secondary N) is 1. The van der Waals surface area contributed by atoms with Crippen molar-refractivity contribution in [2.24, 2.45) is 0 Å². The summed E-state index contributed by atoms with van der Waals surface area (Å²) in [4.78, 5) is 10.2. The lowest BCUT2D eigenvalue weighted by atomic mass is 10.2. The highest BCUT2D eigenvalue weighted by Crippen LogP contribution is 2.21. The summed E-state index contributed by atoms with van der Waals surface area (Å²) in [5.41, 5.74) is 0.515. The Bertz CT molecular complexity index is 315. The SMILES string of the molecule is CC(C)(C)Oc1cccc(NC=O)c1. The van der Waals surface area contributed by atoms with Crippen LogP contribution < -0.4 is 10.1 Å². The van der Waals surface area contributed by atoms with Crippen molar-refractivity contribution in [1.29, 1.82) is 0 Å². The Morgan fingerprint density at radius 3 is 2.64 bits per heavy atom. The van der Waals surface area contributed by atoms with Crippen molar-refractivity contribution >= 4 is 12.1 Å². The molecule has 0 aromatic heterocycles. The first-order valence-electron chi connectivity index (χ1n) is 4.50. The Hall–Kier alpha value is -1.51. The van der Waals surface area contributed by atoms with Crippen LogP contribution in [0.5, 0.6) is 5.75 Å². The molecular formula is C11H15NO2. The zero-order chi connectivity index (χ0) is 10.6. The molecule has 0 aliphatic rings. The maximum atomic E-state index is 10.2. The van der Waals surface area contributed by atoms with Crippen molar-refractivity contribution in [3.63, 3.8) is 0 Å². The quantitative estimate of drug-likeness (QED) is 0.749. The second-order valence-electron chi connectivity index (χ2n) is 4.00. The summed E-state index contributed by atoms with van der Waals surface area (Å²) in [6.07, 6.45) is 0.649. The van der Waals surface area contributed by atoms with Crippen molar-refractivity contribution in [2.75, 3.05) is 5.32 Å². The average Bonchev–Trinajstić information content (AvgIpc) is 2.02. The zero-order valence-electron chi connectivity index (χ0n) is 8.70.